The minimum atomic E-state index is -6.09. The molecule has 0 aliphatic carbocycles. The van der Waals surface area contributed by atoms with Crippen LogP contribution in [0.4, 0.5) is 22.0 Å². The lowest BCUT2D eigenvalue weighted by Crippen LogP contribution is -3.62. The van der Waals surface area contributed by atoms with E-state index in [0.29, 0.717) is 17.2 Å². The highest BCUT2D eigenvalue weighted by Gasteiger charge is 2.36. The summed E-state index contributed by atoms with van der Waals surface area (Å²) in [5, 5.41) is 0.895. The molecule has 25 heavy (non-hydrogen) atoms. The molecule has 0 aromatic heterocycles. The number of rotatable bonds is 2. The third-order valence-corrected chi connectivity index (χ3v) is 6.10. The first-order chi connectivity index (χ1) is 11.3. The SMILES string of the molecule is Fc1ccc(Cl)cc1[I+]c1cc(Cl)ccc1F.O=S(=O)([O-])C(F)(F)F. The fraction of sp³-hybridized carbons (Fsp3) is 0.0769. The Kier molecular flexibility index (Phi) is 7.87. The molecule has 2 aromatic rings. The first kappa shape index (κ1) is 22.4. The molecular formula is C13H6Cl2F5IO3S. The summed E-state index contributed by atoms with van der Waals surface area (Å²) in [7, 11) is -6.09. The fourth-order valence-corrected chi connectivity index (χ4v) is 4.39. The van der Waals surface area contributed by atoms with Crippen molar-refractivity contribution in [3.8, 4) is 0 Å². The Morgan fingerprint density at radius 3 is 1.48 bits per heavy atom. The second kappa shape index (κ2) is 8.80. The summed E-state index contributed by atoms with van der Waals surface area (Å²) in [5.74, 6) is -0.719. The van der Waals surface area contributed by atoms with Crippen LogP contribution in [-0.2, 0) is 10.1 Å². The Bertz CT molecular complexity index is 810. The van der Waals surface area contributed by atoms with Gasteiger partial charge in [-0.05, 0) is 24.3 Å². The third kappa shape index (κ3) is 7.21. The summed E-state index contributed by atoms with van der Waals surface area (Å²) in [6.07, 6.45) is 0. The monoisotopic (exact) mass is 534 g/mol. The van der Waals surface area contributed by atoms with Crippen LogP contribution in [0.5, 0.6) is 0 Å². The third-order valence-electron chi connectivity index (χ3n) is 2.25. The predicted octanol–water partition coefficient (Wildman–Crippen LogP) is 1.45. The van der Waals surface area contributed by atoms with Gasteiger partial charge < -0.3 is 4.55 Å². The number of benzene rings is 2. The molecule has 0 aliphatic heterocycles. The van der Waals surface area contributed by atoms with Gasteiger partial charge in [0.1, 0.15) is 0 Å². The zero-order valence-electron chi connectivity index (χ0n) is 11.6. The maximum absolute atomic E-state index is 13.5. The van der Waals surface area contributed by atoms with Crippen LogP contribution in [0.25, 0.3) is 0 Å². The van der Waals surface area contributed by atoms with Crippen molar-refractivity contribution in [3.05, 3.63) is 65.2 Å². The van der Waals surface area contributed by atoms with Gasteiger partial charge in [-0.25, -0.2) is 17.2 Å². The molecule has 0 N–H and O–H groups in total. The number of halogens is 8. The fourth-order valence-electron chi connectivity index (χ4n) is 1.20. The first-order valence-electron chi connectivity index (χ1n) is 5.88. The molecule has 0 atom stereocenters. The highest BCUT2D eigenvalue weighted by Crippen LogP contribution is 2.20. The van der Waals surface area contributed by atoms with Crippen molar-refractivity contribution in [2.75, 3.05) is 0 Å². The van der Waals surface area contributed by atoms with E-state index in [4.69, 9.17) is 36.2 Å². The van der Waals surface area contributed by atoms with Crippen LogP contribution in [0.15, 0.2) is 36.4 Å². The van der Waals surface area contributed by atoms with Crippen molar-refractivity contribution in [1.29, 1.82) is 0 Å². The molecule has 0 amide bonds. The molecule has 138 valence electrons. The van der Waals surface area contributed by atoms with Crippen LogP contribution in [0.3, 0.4) is 0 Å². The van der Waals surface area contributed by atoms with Crippen LogP contribution in [0.1, 0.15) is 0 Å². The molecule has 0 aliphatic rings. The number of alkyl halides is 3. The molecule has 0 heterocycles. The Balaban J connectivity index is 0.000000333. The lowest BCUT2D eigenvalue weighted by atomic mass is 10.3. The quantitative estimate of drug-likeness (QED) is 0.193. The van der Waals surface area contributed by atoms with Crippen LogP contribution in [0.2, 0.25) is 10.0 Å². The van der Waals surface area contributed by atoms with Gasteiger partial charge in [-0.15, -0.1) is 0 Å². The second-order valence-electron chi connectivity index (χ2n) is 4.11. The average molecular weight is 535 g/mol. The van der Waals surface area contributed by atoms with E-state index < -0.39 is 36.8 Å². The summed E-state index contributed by atoms with van der Waals surface area (Å²) in [6, 6.07) is 8.59. The van der Waals surface area contributed by atoms with Crippen molar-refractivity contribution in [3.63, 3.8) is 0 Å². The smallest absolute Gasteiger partial charge is 0.485 e. The minimum Gasteiger partial charge on any atom is -0.741 e. The van der Waals surface area contributed by atoms with E-state index in [-0.39, 0.29) is 11.6 Å². The molecular weight excluding hydrogens is 529 g/mol. The predicted molar refractivity (Wildman–Crippen MR) is 76.0 cm³/mol. The van der Waals surface area contributed by atoms with Crippen molar-refractivity contribution < 1.29 is 56.1 Å². The lowest BCUT2D eigenvalue weighted by molar-refractivity contribution is -0.603. The molecule has 0 spiro atoms. The molecule has 0 unspecified atom stereocenters. The topological polar surface area (TPSA) is 57.2 Å². The zero-order chi connectivity index (χ0) is 19.4. The van der Waals surface area contributed by atoms with Gasteiger partial charge in [0, 0.05) is 22.2 Å². The van der Waals surface area contributed by atoms with E-state index in [1.165, 1.54) is 36.4 Å². The van der Waals surface area contributed by atoms with Crippen molar-refractivity contribution in [2.24, 2.45) is 0 Å². The largest absolute Gasteiger partial charge is 0.741 e. The summed E-state index contributed by atoms with van der Waals surface area (Å²) in [4.78, 5) is 0. The van der Waals surface area contributed by atoms with Gasteiger partial charge in [0.25, 0.3) is 0 Å². The van der Waals surface area contributed by atoms with Crippen molar-refractivity contribution >= 4 is 33.3 Å². The van der Waals surface area contributed by atoms with Crippen molar-refractivity contribution in [2.45, 2.75) is 5.51 Å². The lowest BCUT2D eigenvalue weighted by Gasteiger charge is -2.08. The van der Waals surface area contributed by atoms with Crippen LogP contribution >= 0.6 is 23.2 Å². The van der Waals surface area contributed by atoms with E-state index in [1.54, 1.807) is 0 Å². The standard InChI is InChI=1S/C12H6Cl2F2I.CHF3O3S/c13-7-1-3-9(15)11(5-7)17-12-6-8(14)2-4-10(12)16;2-1(3,4)8(5,6)7/h1-6H;(H,5,6,7)/q+1;/p-1. The van der Waals surface area contributed by atoms with E-state index >= 15 is 0 Å². The molecule has 0 saturated heterocycles. The Hall–Kier alpha value is -0.690. The van der Waals surface area contributed by atoms with Gasteiger partial charge in [0.2, 0.25) is 7.14 Å². The molecule has 0 fully saturated rings. The maximum atomic E-state index is 13.5. The van der Waals surface area contributed by atoms with E-state index in [2.05, 4.69) is 0 Å². The minimum absolute atomic E-state index is 0.360. The van der Waals surface area contributed by atoms with Gasteiger partial charge in [0.05, 0.1) is 0 Å². The normalized spacial score (nSPS) is 11.7. The summed E-state index contributed by atoms with van der Waals surface area (Å²) < 4.78 is 86.8. The van der Waals surface area contributed by atoms with Crippen molar-refractivity contribution in [1.82, 2.24) is 0 Å². The summed E-state index contributed by atoms with van der Waals surface area (Å²) in [5.41, 5.74) is -5.65. The van der Waals surface area contributed by atoms with Gasteiger partial charge >= 0.3 is 26.7 Å². The molecule has 12 heteroatoms. The Labute approximate surface area is 159 Å². The Morgan fingerprint density at radius 1 is 0.880 bits per heavy atom. The molecule has 2 rings (SSSR count). The summed E-state index contributed by atoms with van der Waals surface area (Å²) >= 11 is 10.6. The maximum Gasteiger partial charge on any atom is 0.485 e. The highest BCUT2D eigenvalue weighted by molar-refractivity contribution is 7.86. The van der Waals surface area contributed by atoms with Gasteiger partial charge in [-0.3, -0.25) is 0 Å². The van der Waals surface area contributed by atoms with E-state index in [9.17, 15) is 22.0 Å². The second-order valence-corrected chi connectivity index (χ2v) is 9.22. The van der Waals surface area contributed by atoms with Crippen LogP contribution in [0, 0.1) is 18.8 Å². The molecule has 0 bridgehead atoms. The number of hydrogen-bond donors (Lipinski definition) is 0. The van der Waals surface area contributed by atoms with Crippen LogP contribution < -0.4 is 21.2 Å². The summed E-state index contributed by atoms with van der Waals surface area (Å²) in [6.45, 7) is 0. The van der Waals surface area contributed by atoms with Gasteiger partial charge in [-0.2, -0.15) is 13.2 Å². The molecule has 0 radical (unpaired) electrons. The molecule has 3 nitrogen and oxygen atoms in total. The first-order valence-corrected chi connectivity index (χ1v) is 10.2. The molecule has 0 saturated carbocycles. The van der Waals surface area contributed by atoms with Gasteiger partial charge in [0.15, 0.2) is 21.8 Å². The van der Waals surface area contributed by atoms with E-state index in [0.717, 1.165) is 0 Å². The van der Waals surface area contributed by atoms with E-state index in [1.807, 2.05) is 0 Å². The molecule has 2 aromatic carbocycles. The van der Waals surface area contributed by atoms with Gasteiger partial charge in [-0.1, -0.05) is 23.2 Å². The van der Waals surface area contributed by atoms with Crippen LogP contribution in [-0.4, -0.2) is 18.5 Å². The number of hydrogen-bond acceptors (Lipinski definition) is 3. The zero-order valence-corrected chi connectivity index (χ0v) is 16.1. The average Bonchev–Trinajstić information content (AvgIpc) is 2.45. The Morgan fingerprint density at radius 2 is 1.20 bits per heavy atom. The highest BCUT2D eigenvalue weighted by atomic mass is 127.